The number of halogens is 1. The van der Waals surface area contributed by atoms with Crippen molar-refractivity contribution in [2.24, 2.45) is 5.92 Å². The van der Waals surface area contributed by atoms with Gasteiger partial charge in [-0.15, -0.1) is 0 Å². The Morgan fingerprint density at radius 2 is 1.90 bits per heavy atom. The zero-order valence-electron chi connectivity index (χ0n) is 16.0. The molecule has 0 saturated heterocycles. The highest BCUT2D eigenvalue weighted by Gasteiger charge is 2.46. The van der Waals surface area contributed by atoms with Gasteiger partial charge in [0.25, 0.3) is 11.5 Å². The second-order valence-electron chi connectivity index (χ2n) is 7.81. The fourth-order valence-electron chi connectivity index (χ4n) is 4.33. The van der Waals surface area contributed by atoms with Gasteiger partial charge in [0.2, 0.25) is 5.75 Å². The lowest BCUT2D eigenvalue weighted by atomic mass is 9.77. The SMILES string of the molecule is O=C(O)NC12CCC(CC1)Cn1c2nc(C(=O)NCc2ccc(F)cc2)c(O)c1=O. The fraction of sp³-hybridized carbons (Fsp3) is 0.400. The van der Waals surface area contributed by atoms with Crippen LogP contribution in [0, 0.1) is 11.7 Å². The van der Waals surface area contributed by atoms with Crippen molar-refractivity contribution in [3.05, 3.63) is 57.5 Å². The van der Waals surface area contributed by atoms with Crippen molar-refractivity contribution in [1.82, 2.24) is 20.2 Å². The van der Waals surface area contributed by atoms with Crippen LogP contribution in [0.5, 0.6) is 5.75 Å². The summed E-state index contributed by atoms with van der Waals surface area (Å²) in [6, 6.07) is 5.51. The van der Waals surface area contributed by atoms with Crippen molar-refractivity contribution in [1.29, 1.82) is 0 Å². The Balaban J connectivity index is 1.70. The van der Waals surface area contributed by atoms with E-state index in [0.717, 1.165) is 0 Å². The first kappa shape index (κ1) is 19.9. The van der Waals surface area contributed by atoms with Crippen LogP contribution in [-0.4, -0.2) is 31.8 Å². The Morgan fingerprint density at radius 3 is 2.53 bits per heavy atom. The van der Waals surface area contributed by atoms with Crippen LogP contribution in [-0.2, 0) is 18.6 Å². The second-order valence-corrected chi connectivity index (χ2v) is 7.81. The lowest BCUT2D eigenvalue weighted by molar-refractivity contribution is 0.0941. The number of carbonyl (C=O) groups excluding carboxylic acids is 1. The van der Waals surface area contributed by atoms with Crippen molar-refractivity contribution in [2.45, 2.75) is 44.3 Å². The van der Waals surface area contributed by atoms with E-state index in [2.05, 4.69) is 15.6 Å². The molecule has 3 aliphatic rings. The smallest absolute Gasteiger partial charge is 0.405 e. The van der Waals surface area contributed by atoms with Crippen LogP contribution in [0.15, 0.2) is 29.1 Å². The van der Waals surface area contributed by atoms with Gasteiger partial charge in [-0.2, -0.15) is 0 Å². The van der Waals surface area contributed by atoms with Gasteiger partial charge in [-0.3, -0.25) is 14.2 Å². The third-order valence-corrected chi connectivity index (χ3v) is 5.90. The Morgan fingerprint density at radius 1 is 1.23 bits per heavy atom. The minimum absolute atomic E-state index is 0.0409. The Kier molecular flexibility index (Phi) is 4.92. The number of hydrogen-bond donors (Lipinski definition) is 4. The van der Waals surface area contributed by atoms with Gasteiger partial charge in [-0.25, -0.2) is 14.2 Å². The Bertz CT molecular complexity index is 1060. The highest BCUT2D eigenvalue weighted by atomic mass is 19.1. The third-order valence-electron chi connectivity index (χ3n) is 5.90. The molecule has 10 heteroatoms. The number of fused-ring (bicyclic) bond motifs is 2. The summed E-state index contributed by atoms with van der Waals surface area (Å²) in [6.45, 7) is 0.356. The number of nitrogens with zero attached hydrogens (tertiary/aromatic N) is 2. The summed E-state index contributed by atoms with van der Waals surface area (Å²) >= 11 is 0. The van der Waals surface area contributed by atoms with E-state index in [1.165, 1.54) is 28.8 Å². The number of nitrogens with one attached hydrogen (secondary N) is 2. The first-order chi connectivity index (χ1) is 14.3. The molecule has 1 aromatic heterocycles. The summed E-state index contributed by atoms with van der Waals surface area (Å²) in [5, 5.41) is 24.8. The fourth-order valence-corrected chi connectivity index (χ4v) is 4.33. The molecule has 3 heterocycles. The predicted octanol–water partition coefficient (Wildman–Crippen LogP) is 1.68. The number of carbonyl (C=O) groups is 2. The van der Waals surface area contributed by atoms with Crippen molar-refractivity contribution in [3.63, 3.8) is 0 Å². The highest BCUT2D eigenvalue weighted by molar-refractivity contribution is 5.94. The summed E-state index contributed by atoms with van der Waals surface area (Å²) in [7, 11) is 0. The van der Waals surface area contributed by atoms with Crippen LogP contribution in [0.1, 0.15) is 47.6 Å². The first-order valence-electron chi connectivity index (χ1n) is 9.67. The number of rotatable bonds is 4. The van der Waals surface area contributed by atoms with E-state index in [0.29, 0.717) is 37.8 Å². The molecule has 1 saturated carbocycles. The second kappa shape index (κ2) is 7.43. The maximum atomic E-state index is 13.0. The van der Waals surface area contributed by atoms with Crippen LogP contribution < -0.4 is 16.2 Å². The molecule has 1 aliphatic carbocycles. The van der Waals surface area contributed by atoms with Gasteiger partial charge in [0.05, 0.1) is 0 Å². The van der Waals surface area contributed by atoms with Crippen molar-refractivity contribution in [3.8, 4) is 5.75 Å². The normalized spacial score (nSPS) is 22.1. The van der Waals surface area contributed by atoms with E-state index in [1.807, 2.05) is 0 Å². The van der Waals surface area contributed by atoms with Gasteiger partial charge in [0.15, 0.2) is 5.69 Å². The lowest BCUT2D eigenvalue weighted by Gasteiger charge is -2.36. The molecule has 158 valence electrons. The molecule has 9 nitrogen and oxygen atoms in total. The molecular formula is C20H21FN4O5. The van der Waals surface area contributed by atoms with Crippen LogP contribution in [0.2, 0.25) is 0 Å². The summed E-state index contributed by atoms with van der Waals surface area (Å²) in [5.74, 6) is -1.63. The molecule has 2 aromatic rings. The number of aromatic nitrogens is 2. The van der Waals surface area contributed by atoms with Crippen LogP contribution in [0.25, 0.3) is 0 Å². The molecule has 1 aromatic carbocycles. The average molecular weight is 416 g/mol. The zero-order valence-corrected chi connectivity index (χ0v) is 16.0. The minimum atomic E-state index is -1.24. The van der Waals surface area contributed by atoms with Gasteiger partial charge >= 0.3 is 6.09 Å². The van der Waals surface area contributed by atoms with Gasteiger partial charge in [0.1, 0.15) is 17.2 Å². The minimum Gasteiger partial charge on any atom is -0.501 e. The summed E-state index contributed by atoms with van der Waals surface area (Å²) in [4.78, 5) is 41.2. The van der Waals surface area contributed by atoms with Crippen molar-refractivity contribution >= 4 is 12.0 Å². The Hall–Kier alpha value is -3.43. The third kappa shape index (κ3) is 3.49. The number of hydrogen-bond acceptors (Lipinski definition) is 5. The van der Waals surface area contributed by atoms with E-state index in [-0.39, 0.29) is 18.3 Å². The van der Waals surface area contributed by atoms with Crippen LogP contribution >= 0.6 is 0 Å². The number of carboxylic acid groups (broad SMARTS) is 1. The van der Waals surface area contributed by atoms with E-state index in [9.17, 15) is 29.0 Å². The van der Waals surface area contributed by atoms with E-state index in [4.69, 9.17) is 0 Å². The standard InChI is InChI=1S/C20H21FN4O5/c21-13-3-1-11(2-4-13)9-22-16(27)14-15(26)17(28)25-10-12-5-7-20(8-6-12,18(25)23-14)24-19(29)30/h1-4,12,24,26H,5-10H2,(H,22,27)(H,29,30). The van der Waals surface area contributed by atoms with E-state index < -0.39 is 40.4 Å². The molecule has 0 atom stereocenters. The Labute approximate surface area is 170 Å². The quantitative estimate of drug-likeness (QED) is 0.599. The molecule has 0 radical (unpaired) electrons. The van der Waals surface area contributed by atoms with E-state index >= 15 is 0 Å². The molecule has 2 aliphatic heterocycles. The zero-order chi connectivity index (χ0) is 21.5. The molecule has 0 unspecified atom stereocenters. The molecule has 2 bridgehead atoms. The summed E-state index contributed by atoms with van der Waals surface area (Å²) < 4.78 is 14.3. The summed E-state index contributed by atoms with van der Waals surface area (Å²) in [5.41, 5.74) is -1.68. The maximum Gasteiger partial charge on any atom is 0.405 e. The van der Waals surface area contributed by atoms with Crippen LogP contribution in [0.4, 0.5) is 9.18 Å². The average Bonchev–Trinajstić information content (AvgIpc) is 2.95. The summed E-state index contributed by atoms with van der Waals surface area (Å²) in [6.07, 6.45) is 1.08. The predicted molar refractivity (Wildman–Crippen MR) is 103 cm³/mol. The molecule has 1 fully saturated rings. The first-order valence-corrected chi connectivity index (χ1v) is 9.67. The molecule has 30 heavy (non-hydrogen) atoms. The largest absolute Gasteiger partial charge is 0.501 e. The molecular weight excluding hydrogens is 395 g/mol. The molecule has 5 rings (SSSR count). The van der Waals surface area contributed by atoms with Crippen molar-refractivity contribution < 1.29 is 24.2 Å². The monoisotopic (exact) mass is 416 g/mol. The van der Waals surface area contributed by atoms with Gasteiger partial charge < -0.3 is 20.8 Å². The van der Waals surface area contributed by atoms with Crippen molar-refractivity contribution in [2.75, 3.05) is 0 Å². The van der Waals surface area contributed by atoms with Gasteiger partial charge in [-0.05, 0) is 49.3 Å². The number of amides is 2. The molecule has 0 spiro atoms. The van der Waals surface area contributed by atoms with E-state index in [1.54, 1.807) is 0 Å². The van der Waals surface area contributed by atoms with Crippen LogP contribution in [0.3, 0.4) is 0 Å². The number of benzene rings is 1. The lowest BCUT2D eigenvalue weighted by Crippen LogP contribution is -2.49. The highest BCUT2D eigenvalue weighted by Crippen LogP contribution is 2.42. The molecule has 4 N–H and O–H groups in total. The van der Waals surface area contributed by atoms with Gasteiger partial charge in [0, 0.05) is 13.1 Å². The number of aromatic hydroxyl groups is 1. The topological polar surface area (TPSA) is 134 Å². The maximum absolute atomic E-state index is 13.0. The molecule has 2 amide bonds. The van der Waals surface area contributed by atoms with Gasteiger partial charge in [-0.1, -0.05) is 12.1 Å².